The van der Waals surface area contributed by atoms with Gasteiger partial charge in [0, 0.05) is 24.1 Å². The Hall–Kier alpha value is -2.41. The molecule has 4 N–H and O–H groups in total. The van der Waals surface area contributed by atoms with Crippen molar-refractivity contribution in [1.82, 2.24) is 0 Å². The van der Waals surface area contributed by atoms with Gasteiger partial charge in [-0.25, -0.2) is 4.79 Å². The van der Waals surface area contributed by atoms with Crippen molar-refractivity contribution in [2.45, 2.75) is 56.0 Å². The third-order valence-corrected chi connectivity index (χ3v) is 6.42. The SMILES string of the molecule is NC(CC(=O)C(=O)OCC1CC1)(C(=O)O)C1c2ccccc2N[C@@H]2CCC[C@H]12. The van der Waals surface area contributed by atoms with Crippen molar-refractivity contribution in [3.05, 3.63) is 29.8 Å². The minimum absolute atomic E-state index is 0.00582. The van der Waals surface area contributed by atoms with E-state index >= 15 is 0 Å². The Morgan fingerprint density at radius 2 is 1.93 bits per heavy atom. The molecule has 1 aliphatic heterocycles. The Morgan fingerprint density at radius 1 is 1.18 bits per heavy atom. The second-order valence-corrected chi connectivity index (χ2v) is 8.40. The highest BCUT2D eigenvalue weighted by Gasteiger charge is 2.54. The molecular formula is C21H26N2O5. The monoisotopic (exact) mass is 386 g/mol. The maximum Gasteiger partial charge on any atom is 0.374 e. The summed E-state index contributed by atoms with van der Waals surface area (Å²) in [5.74, 6) is -3.32. The van der Waals surface area contributed by atoms with E-state index in [0.29, 0.717) is 5.92 Å². The highest BCUT2D eigenvalue weighted by Crippen LogP contribution is 2.50. The molecule has 7 nitrogen and oxygen atoms in total. The lowest BCUT2D eigenvalue weighted by Gasteiger charge is -2.44. The van der Waals surface area contributed by atoms with Crippen molar-refractivity contribution in [1.29, 1.82) is 0 Å². The van der Waals surface area contributed by atoms with E-state index in [9.17, 15) is 19.5 Å². The fourth-order valence-electron chi connectivity index (χ4n) is 4.77. The van der Waals surface area contributed by atoms with Gasteiger partial charge in [-0.3, -0.25) is 9.59 Å². The number of carboxylic acids is 1. The number of carbonyl (C=O) groups excluding carboxylic acids is 2. The number of fused-ring (bicyclic) bond motifs is 2. The molecule has 2 fully saturated rings. The summed E-state index contributed by atoms with van der Waals surface area (Å²) in [6, 6.07) is 7.63. The molecule has 3 aliphatic rings. The average Bonchev–Trinajstić information content (AvgIpc) is 3.39. The quantitative estimate of drug-likeness (QED) is 0.485. The number of aliphatic carboxylic acids is 1. The third kappa shape index (κ3) is 3.39. The maximum atomic E-state index is 12.5. The summed E-state index contributed by atoms with van der Waals surface area (Å²) in [5, 5.41) is 13.5. The fraction of sp³-hybridized carbons (Fsp3) is 0.571. The number of ketones is 1. The Labute approximate surface area is 163 Å². The van der Waals surface area contributed by atoms with Gasteiger partial charge in [-0.2, -0.15) is 0 Å². The van der Waals surface area contributed by atoms with Gasteiger partial charge in [0.25, 0.3) is 0 Å². The number of esters is 1. The zero-order chi connectivity index (χ0) is 19.9. The van der Waals surface area contributed by atoms with E-state index in [1.807, 2.05) is 24.3 Å². The minimum atomic E-state index is -1.86. The van der Waals surface area contributed by atoms with Gasteiger partial charge in [0.1, 0.15) is 5.54 Å². The molecule has 0 amide bonds. The Kier molecular flexibility index (Phi) is 4.87. The van der Waals surface area contributed by atoms with Gasteiger partial charge in [0.15, 0.2) is 0 Å². The zero-order valence-electron chi connectivity index (χ0n) is 15.7. The lowest BCUT2D eigenvalue weighted by molar-refractivity contribution is -0.157. The maximum absolute atomic E-state index is 12.5. The van der Waals surface area contributed by atoms with E-state index in [1.54, 1.807) is 0 Å². The van der Waals surface area contributed by atoms with Gasteiger partial charge in [-0.15, -0.1) is 0 Å². The van der Waals surface area contributed by atoms with Gasteiger partial charge in [-0.1, -0.05) is 24.6 Å². The first kappa shape index (κ1) is 18.9. The number of Topliss-reactive ketones (excluding diaryl/α,β-unsaturated/α-hetero) is 1. The molecule has 1 aromatic rings. The Bertz CT molecular complexity index is 806. The molecule has 2 saturated carbocycles. The molecule has 28 heavy (non-hydrogen) atoms. The molecule has 4 rings (SSSR count). The molecule has 150 valence electrons. The fourth-order valence-corrected chi connectivity index (χ4v) is 4.77. The van der Waals surface area contributed by atoms with Crippen molar-refractivity contribution < 1.29 is 24.2 Å². The van der Waals surface area contributed by atoms with Crippen LogP contribution in [0.1, 0.15) is 50.0 Å². The zero-order valence-corrected chi connectivity index (χ0v) is 15.7. The van der Waals surface area contributed by atoms with E-state index in [-0.39, 0.29) is 18.6 Å². The highest BCUT2D eigenvalue weighted by molar-refractivity contribution is 6.34. The summed E-state index contributed by atoms with van der Waals surface area (Å²) in [7, 11) is 0. The number of benzene rings is 1. The summed E-state index contributed by atoms with van der Waals surface area (Å²) >= 11 is 0. The topological polar surface area (TPSA) is 119 Å². The molecule has 1 aromatic carbocycles. The molecule has 0 radical (unpaired) electrons. The van der Waals surface area contributed by atoms with E-state index in [4.69, 9.17) is 10.5 Å². The first-order valence-electron chi connectivity index (χ1n) is 9.98. The normalized spacial score (nSPS) is 27.7. The van der Waals surface area contributed by atoms with Crippen molar-refractivity contribution >= 4 is 23.4 Å². The van der Waals surface area contributed by atoms with Crippen LogP contribution in [0.15, 0.2) is 24.3 Å². The van der Waals surface area contributed by atoms with E-state index < -0.39 is 35.6 Å². The molecule has 0 spiro atoms. The van der Waals surface area contributed by atoms with Gasteiger partial charge >= 0.3 is 11.9 Å². The second kappa shape index (κ2) is 7.20. The average molecular weight is 386 g/mol. The van der Waals surface area contributed by atoms with E-state index in [2.05, 4.69) is 5.32 Å². The van der Waals surface area contributed by atoms with Crippen LogP contribution in [0.5, 0.6) is 0 Å². The van der Waals surface area contributed by atoms with Crippen LogP contribution in [-0.4, -0.2) is 41.0 Å². The number of anilines is 1. The number of carboxylic acid groups (broad SMARTS) is 1. The summed E-state index contributed by atoms with van der Waals surface area (Å²) in [6.45, 7) is 0.218. The van der Waals surface area contributed by atoms with Crippen LogP contribution >= 0.6 is 0 Å². The van der Waals surface area contributed by atoms with Crippen LogP contribution in [0, 0.1) is 11.8 Å². The first-order chi connectivity index (χ1) is 13.4. The minimum Gasteiger partial charge on any atom is -0.480 e. The van der Waals surface area contributed by atoms with Crippen LogP contribution in [-0.2, 0) is 19.1 Å². The number of ether oxygens (including phenoxy) is 1. The van der Waals surface area contributed by atoms with Crippen molar-refractivity contribution in [2.24, 2.45) is 17.6 Å². The summed E-state index contributed by atoms with van der Waals surface area (Å²) in [6.07, 6.45) is 4.17. The van der Waals surface area contributed by atoms with Gasteiger partial charge in [0.05, 0.1) is 6.61 Å². The number of rotatable bonds is 7. The molecule has 0 bridgehead atoms. The molecule has 0 saturated heterocycles. The van der Waals surface area contributed by atoms with E-state index in [0.717, 1.165) is 43.4 Å². The number of nitrogens with two attached hydrogens (primary N) is 1. The molecule has 2 aliphatic carbocycles. The number of para-hydroxylation sites is 1. The number of hydrogen-bond acceptors (Lipinski definition) is 6. The third-order valence-electron chi connectivity index (χ3n) is 6.42. The summed E-state index contributed by atoms with van der Waals surface area (Å²) in [4.78, 5) is 36.9. The van der Waals surface area contributed by atoms with Crippen LogP contribution in [0.25, 0.3) is 0 Å². The predicted molar refractivity (Wildman–Crippen MR) is 102 cm³/mol. The molecule has 7 heteroatoms. The first-order valence-corrected chi connectivity index (χ1v) is 9.98. The Morgan fingerprint density at radius 3 is 2.64 bits per heavy atom. The highest BCUT2D eigenvalue weighted by atomic mass is 16.5. The van der Waals surface area contributed by atoms with Gasteiger partial charge < -0.3 is 20.9 Å². The van der Waals surface area contributed by atoms with Gasteiger partial charge in [0.2, 0.25) is 5.78 Å². The molecule has 4 atom stereocenters. The van der Waals surface area contributed by atoms with Crippen molar-refractivity contribution in [3.8, 4) is 0 Å². The largest absolute Gasteiger partial charge is 0.480 e. The van der Waals surface area contributed by atoms with Gasteiger partial charge in [-0.05, 0) is 49.1 Å². The predicted octanol–water partition coefficient (Wildman–Crippen LogP) is 2.06. The van der Waals surface area contributed by atoms with Crippen LogP contribution in [0.2, 0.25) is 0 Å². The van der Waals surface area contributed by atoms with E-state index in [1.165, 1.54) is 0 Å². The molecular weight excluding hydrogens is 360 g/mol. The summed E-state index contributed by atoms with van der Waals surface area (Å²) in [5.41, 5.74) is 6.24. The second-order valence-electron chi connectivity index (χ2n) is 8.40. The Balaban J connectivity index is 1.62. The number of hydrogen-bond donors (Lipinski definition) is 3. The molecule has 1 heterocycles. The van der Waals surface area contributed by atoms with Crippen LogP contribution in [0.4, 0.5) is 5.69 Å². The van der Waals surface area contributed by atoms with Crippen LogP contribution in [0.3, 0.4) is 0 Å². The van der Waals surface area contributed by atoms with Crippen molar-refractivity contribution in [2.75, 3.05) is 11.9 Å². The summed E-state index contributed by atoms with van der Waals surface area (Å²) < 4.78 is 5.05. The van der Waals surface area contributed by atoms with Crippen molar-refractivity contribution in [3.63, 3.8) is 0 Å². The molecule has 2 unspecified atom stereocenters. The lowest BCUT2D eigenvalue weighted by atomic mass is 9.66. The standard InChI is InChI=1S/C21H26N2O5/c22-21(20(26)27,10-17(24)19(25)28-11-12-8-9-12)18-13-4-1-2-6-15(13)23-16-7-3-5-14(16)18/h1-2,4,6,12,14,16,18,23H,3,5,7-11,22H2,(H,26,27)/t14-,16+,18?,21?/m0/s1. The van der Waals surface area contributed by atoms with Crippen LogP contribution < -0.4 is 11.1 Å². The smallest absolute Gasteiger partial charge is 0.374 e. The lowest BCUT2D eigenvalue weighted by Crippen LogP contribution is -2.59. The number of nitrogens with one attached hydrogen (secondary N) is 1. The number of carbonyl (C=O) groups is 3. The molecule has 0 aromatic heterocycles.